The largest absolute Gasteiger partial charge is 0.437 e. The summed E-state index contributed by atoms with van der Waals surface area (Å²) in [5.74, 6) is 0.424. The number of nitrogens with one attached hydrogen (secondary N) is 1. The van der Waals surface area contributed by atoms with Gasteiger partial charge in [-0.25, -0.2) is 4.79 Å². The van der Waals surface area contributed by atoms with Gasteiger partial charge in [0.2, 0.25) is 5.91 Å². The second-order valence-electron chi connectivity index (χ2n) is 5.58. The lowest BCUT2D eigenvalue weighted by molar-refractivity contribution is -0.122. The highest BCUT2D eigenvalue weighted by Crippen LogP contribution is 2.27. The lowest BCUT2D eigenvalue weighted by Crippen LogP contribution is -2.30. The zero-order chi connectivity index (χ0) is 15.4. The fraction of sp³-hybridized carbons (Fsp3) is 0.533. The highest BCUT2D eigenvalue weighted by Gasteiger charge is 2.18. The van der Waals surface area contributed by atoms with E-state index in [0.717, 1.165) is 17.7 Å². The molecule has 2 aromatic heterocycles. The van der Waals surface area contributed by atoms with Gasteiger partial charge in [-0.2, -0.15) is 4.68 Å². The summed E-state index contributed by atoms with van der Waals surface area (Å²) in [5, 5.41) is 8.90. The Labute approximate surface area is 132 Å². The van der Waals surface area contributed by atoms with Crippen LogP contribution in [0.1, 0.15) is 32.1 Å². The minimum Gasteiger partial charge on any atom is -0.387 e. The number of amides is 1. The minimum atomic E-state index is -0.492. The van der Waals surface area contributed by atoms with Crippen LogP contribution >= 0.6 is 11.3 Å². The maximum Gasteiger partial charge on any atom is 0.437 e. The maximum atomic E-state index is 11.8. The Hall–Kier alpha value is -1.89. The van der Waals surface area contributed by atoms with Crippen molar-refractivity contribution < 1.29 is 9.21 Å². The first-order chi connectivity index (χ1) is 10.7. The number of aromatic nitrogens is 2. The van der Waals surface area contributed by atoms with Gasteiger partial charge in [0.1, 0.15) is 0 Å². The standard InChI is InChI=1S/C15H19N3O3S/c19-13(10-11-4-1-2-5-11)16-7-8-18-15(20)21-14(17-18)12-6-3-9-22-12/h3,6,9,11H,1-2,4-5,7-8,10H2,(H,16,19). The van der Waals surface area contributed by atoms with Gasteiger partial charge in [0.05, 0.1) is 11.4 Å². The number of thiophene rings is 1. The Morgan fingerprint density at radius 2 is 2.27 bits per heavy atom. The second kappa shape index (κ2) is 6.91. The van der Waals surface area contributed by atoms with Crippen LogP contribution in [0.3, 0.4) is 0 Å². The molecular formula is C15H19N3O3S. The van der Waals surface area contributed by atoms with Crippen molar-refractivity contribution in [2.45, 2.75) is 38.6 Å². The van der Waals surface area contributed by atoms with Gasteiger partial charge >= 0.3 is 5.76 Å². The van der Waals surface area contributed by atoms with E-state index >= 15 is 0 Å². The normalized spacial score (nSPS) is 15.3. The third-order valence-corrected chi connectivity index (χ3v) is 4.79. The van der Waals surface area contributed by atoms with Gasteiger partial charge in [-0.15, -0.1) is 16.4 Å². The molecule has 0 aromatic carbocycles. The van der Waals surface area contributed by atoms with E-state index in [1.54, 1.807) is 0 Å². The van der Waals surface area contributed by atoms with E-state index in [1.165, 1.54) is 28.9 Å². The van der Waals surface area contributed by atoms with Crippen molar-refractivity contribution in [3.05, 3.63) is 28.1 Å². The summed E-state index contributed by atoms with van der Waals surface area (Å²) in [4.78, 5) is 24.4. The quantitative estimate of drug-likeness (QED) is 0.885. The first-order valence-electron chi connectivity index (χ1n) is 7.61. The molecule has 1 N–H and O–H groups in total. The van der Waals surface area contributed by atoms with Gasteiger partial charge in [0.15, 0.2) is 0 Å². The fourth-order valence-corrected chi connectivity index (χ4v) is 3.44. The summed E-state index contributed by atoms with van der Waals surface area (Å²) in [5.41, 5.74) is 0. The molecule has 1 fully saturated rings. The maximum absolute atomic E-state index is 11.8. The summed E-state index contributed by atoms with van der Waals surface area (Å²) in [6.07, 6.45) is 5.37. The molecule has 6 nitrogen and oxygen atoms in total. The molecule has 1 amide bonds. The molecular weight excluding hydrogens is 302 g/mol. The number of nitrogens with zero attached hydrogens (tertiary/aromatic N) is 2. The van der Waals surface area contributed by atoms with E-state index in [0.29, 0.717) is 31.3 Å². The van der Waals surface area contributed by atoms with Crippen molar-refractivity contribution in [1.29, 1.82) is 0 Å². The van der Waals surface area contributed by atoms with E-state index < -0.39 is 5.76 Å². The van der Waals surface area contributed by atoms with E-state index in [9.17, 15) is 9.59 Å². The molecule has 0 spiro atoms. The molecule has 0 atom stereocenters. The Balaban J connectivity index is 1.49. The molecule has 22 heavy (non-hydrogen) atoms. The molecule has 0 aliphatic heterocycles. The molecule has 0 saturated heterocycles. The number of rotatable bonds is 6. The summed E-state index contributed by atoms with van der Waals surface area (Å²) in [6.45, 7) is 0.714. The molecule has 1 aliphatic rings. The van der Waals surface area contributed by atoms with Gasteiger partial charge in [-0.3, -0.25) is 4.79 Å². The number of hydrogen-bond acceptors (Lipinski definition) is 5. The smallest absolute Gasteiger partial charge is 0.387 e. The molecule has 0 bridgehead atoms. The molecule has 0 unspecified atom stereocenters. The average Bonchev–Trinajstić information content (AvgIpc) is 3.21. The zero-order valence-electron chi connectivity index (χ0n) is 12.3. The minimum absolute atomic E-state index is 0.0573. The number of carbonyl (C=O) groups is 1. The lowest BCUT2D eigenvalue weighted by atomic mass is 10.0. The molecule has 7 heteroatoms. The highest BCUT2D eigenvalue weighted by atomic mass is 32.1. The zero-order valence-corrected chi connectivity index (χ0v) is 13.1. The van der Waals surface area contributed by atoms with Crippen LogP contribution in [0.5, 0.6) is 0 Å². The summed E-state index contributed by atoms with van der Waals surface area (Å²) in [6, 6.07) is 3.73. The van der Waals surface area contributed by atoms with E-state index in [1.807, 2.05) is 17.5 Å². The van der Waals surface area contributed by atoms with Gasteiger partial charge in [0, 0.05) is 13.0 Å². The van der Waals surface area contributed by atoms with Gasteiger partial charge in [-0.05, 0) is 30.2 Å². The average molecular weight is 321 g/mol. The highest BCUT2D eigenvalue weighted by molar-refractivity contribution is 7.13. The van der Waals surface area contributed by atoms with Crippen molar-refractivity contribution in [3.8, 4) is 10.8 Å². The van der Waals surface area contributed by atoms with Gasteiger partial charge in [0.25, 0.3) is 5.89 Å². The van der Waals surface area contributed by atoms with E-state index in [4.69, 9.17) is 4.42 Å². The molecule has 2 heterocycles. The lowest BCUT2D eigenvalue weighted by Gasteiger charge is -2.08. The van der Waals surface area contributed by atoms with Crippen LogP contribution in [-0.2, 0) is 11.3 Å². The van der Waals surface area contributed by atoms with Crippen molar-refractivity contribution in [2.75, 3.05) is 6.54 Å². The van der Waals surface area contributed by atoms with Crippen LogP contribution in [0, 0.1) is 5.92 Å². The Morgan fingerprint density at radius 3 is 3.00 bits per heavy atom. The van der Waals surface area contributed by atoms with Crippen molar-refractivity contribution in [1.82, 2.24) is 15.1 Å². The summed E-state index contributed by atoms with van der Waals surface area (Å²) in [7, 11) is 0. The van der Waals surface area contributed by atoms with Crippen LogP contribution in [0.4, 0.5) is 0 Å². The predicted molar refractivity (Wildman–Crippen MR) is 83.7 cm³/mol. The van der Waals surface area contributed by atoms with Crippen LogP contribution in [0.25, 0.3) is 10.8 Å². The number of hydrogen-bond donors (Lipinski definition) is 1. The predicted octanol–water partition coefficient (Wildman–Crippen LogP) is 2.26. The van der Waals surface area contributed by atoms with Crippen molar-refractivity contribution in [3.63, 3.8) is 0 Å². The third kappa shape index (κ3) is 3.65. The van der Waals surface area contributed by atoms with Crippen LogP contribution in [0.15, 0.2) is 26.7 Å². The molecule has 1 aliphatic carbocycles. The molecule has 2 aromatic rings. The summed E-state index contributed by atoms with van der Waals surface area (Å²) >= 11 is 1.47. The SMILES string of the molecule is O=C(CC1CCCC1)NCCn1nc(-c2cccs2)oc1=O. The van der Waals surface area contributed by atoms with E-state index in [2.05, 4.69) is 10.4 Å². The Morgan fingerprint density at radius 1 is 1.45 bits per heavy atom. The first kappa shape index (κ1) is 15.0. The van der Waals surface area contributed by atoms with Crippen LogP contribution in [-0.4, -0.2) is 22.2 Å². The molecule has 0 radical (unpaired) electrons. The Kier molecular flexibility index (Phi) is 4.72. The van der Waals surface area contributed by atoms with Crippen LogP contribution in [0.2, 0.25) is 0 Å². The van der Waals surface area contributed by atoms with Gasteiger partial charge < -0.3 is 9.73 Å². The number of carbonyl (C=O) groups excluding carboxylic acids is 1. The monoisotopic (exact) mass is 321 g/mol. The van der Waals surface area contributed by atoms with Gasteiger partial charge in [-0.1, -0.05) is 18.9 Å². The Bertz CT molecular complexity index is 669. The second-order valence-corrected chi connectivity index (χ2v) is 6.53. The third-order valence-electron chi connectivity index (χ3n) is 3.93. The van der Waals surface area contributed by atoms with Crippen LogP contribution < -0.4 is 11.1 Å². The first-order valence-corrected chi connectivity index (χ1v) is 8.49. The topological polar surface area (TPSA) is 77.1 Å². The van der Waals surface area contributed by atoms with E-state index in [-0.39, 0.29) is 5.91 Å². The van der Waals surface area contributed by atoms with Crippen molar-refractivity contribution >= 4 is 17.2 Å². The summed E-state index contributed by atoms with van der Waals surface area (Å²) < 4.78 is 6.37. The molecule has 118 valence electrons. The molecule has 1 saturated carbocycles. The molecule has 3 rings (SSSR count). The van der Waals surface area contributed by atoms with Crippen molar-refractivity contribution in [2.24, 2.45) is 5.92 Å². The fourth-order valence-electron chi connectivity index (χ4n) is 2.80.